The molecule has 0 fully saturated rings. The molecule has 0 saturated carbocycles. The third-order valence-electron chi connectivity index (χ3n) is 2.58. The molecule has 1 amide bonds. The fraction of sp³-hybridized carbons (Fsp3) is 0.333. The lowest BCUT2D eigenvalue weighted by Crippen LogP contribution is -2.37. The average Bonchev–Trinajstić information content (AvgIpc) is 2.93. The van der Waals surface area contributed by atoms with Crippen LogP contribution in [0.4, 0.5) is 5.95 Å². The van der Waals surface area contributed by atoms with E-state index in [1.165, 1.54) is 0 Å². The number of carbonyl (C=O) groups excluding carboxylic acids is 1. The third kappa shape index (κ3) is 3.51. The number of nitrogens with one attached hydrogen (secondary N) is 2. The number of carbonyl (C=O) groups is 1. The number of imidazole rings is 1. The fourth-order valence-corrected chi connectivity index (χ4v) is 1.64. The summed E-state index contributed by atoms with van der Waals surface area (Å²) in [5.74, 6) is 1.13. The van der Waals surface area contributed by atoms with Gasteiger partial charge in [-0.05, 0) is 13.0 Å². The van der Waals surface area contributed by atoms with E-state index in [0.717, 1.165) is 5.82 Å². The van der Waals surface area contributed by atoms with E-state index in [2.05, 4.69) is 25.3 Å². The molecule has 0 spiro atoms. The molecule has 0 bridgehead atoms. The van der Waals surface area contributed by atoms with Crippen LogP contribution in [0.5, 0.6) is 0 Å². The second-order valence-electron chi connectivity index (χ2n) is 4.17. The molecule has 2 rings (SSSR count). The van der Waals surface area contributed by atoms with Gasteiger partial charge in [-0.25, -0.2) is 15.0 Å². The number of likely N-dealkylation sites (N-methyl/N-ethyl adjacent to an activating group) is 1. The predicted molar refractivity (Wildman–Crippen MR) is 70.4 cm³/mol. The number of hydrogen-bond acceptors (Lipinski definition) is 5. The van der Waals surface area contributed by atoms with Crippen molar-refractivity contribution in [2.24, 2.45) is 0 Å². The standard InChI is InChI=1S/C12H16N6O/c1-9(11-13-6-7-14-11)17-10(19)8-18(2)12-15-4-3-5-16-12/h3-7,9H,8H2,1-2H3,(H,13,14)(H,17,19). The number of H-pyrrole nitrogens is 1. The Balaban J connectivity index is 1.88. The van der Waals surface area contributed by atoms with Gasteiger partial charge in [0, 0.05) is 31.8 Å². The van der Waals surface area contributed by atoms with E-state index >= 15 is 0 Å². The van der Waals surface area contributed by atoms with Gasteiger partial charge in [-0.15, -0.1) is 0 Å². The zero-order valence-electron chi connectivity index (χ0n) is 10.9. The Morgan fingerprint density at radius 1 is 1.37 bits per heavy atom. The van der Waals surface area contributed by atoms with Crippen LogP contribution in [-0.2, 0) is 4.79 Å². The summed E-state index contributed by atoms with van der Waals surface area (Å²) in [6, 6.07) is 1.57. The van der Waals surface area contributed by atoms with E-state index in [9.17, 15) is 4.79 Å². The van der Waals surface area contributed by atoms with Crippen LogP contribution in [0.15, 0.2) is 30.9 Å². The Kier molecular flexibility index (Phi) is 4.07. The number of anilines is 1. The van der Waals surface area contributed by atoms with Crippen molar-refractivity contribution in [1.82, 2.24) is 25.3 Å². The maximum Gasteiger partial charge on any atom is 0.240 e. The fourth-order valence-electron chi connectivity index (χ4n) is 1.64. The van der Waals surface area contributed by atoms with Gasteiger partial charge in [-0.1, -0.05) is 0 Å². The first-order valence-electron chi connectivity index (χ1n) is 5.93. The number of nitrogens with zero attached hydrogens (tertiary/aromatic N) is 4. The smallest absolute Gasteiger partial charge is 0.240 e. The molecule has 7 heteroatoms. The highest BCUT2D eigenvalue weighted by atomic mass is 16.2. The second-order valence-corrected chi connectivity index (χ2v) is 4.17. The summed E-state index contributed by atoms with van der Waals surface area (Å²) in [5.41, 5.74) is 0. The quantitative estimate of drug-likeness (QED) is 0.818. The molecular weight excluding hydrogens is 244 g/mol. The monoisotopic (exact) mass is 260 g/mol. The lowest BCUT2D eigenvalue weighted by Gasteiger charge is -2.18. The lowest BCUT2D eigenvalue weighted by atomic mass is 10.3. The van der Waals surface area contributed by atoms with E-state index in [4.69, 9.17) is 0 Å². The van der Waals surface area contributed by atoms with Crippen LogP contribution in [0.2, 0.25) is 0 Å². The molecule has 0 aromatic carbocycles. The van der Waals surface area contributed by atoms with Gasteiger partial charge in [0.1, 0.15) is 5.82 Å². The van der Waals surface area contributed by atoms with Gasteiger partial charge >= 0.3 is 0 Å². The van der Waals surface area contributed by atoms with Crippen molar-refractivity contribution >= 4 is 11.9 Å². The zero-order chi connectivity index (χ0) is 13.7. The molecule has 2 N–H and O–H groups in total. The molecule has 0 saturated heterocycles. The van der Waals surface area contributed by atoms with E-state index in [1.54, 1.807) is 42.8 Å². The summed E-state index contributed by atoms with van der Waals surface area (Å²) < 4.78 is 0. The molecule has 100 valence electrons. The summed E-state index contributed by atoms with van der Waals surface area (Å²) in [6.45, 7) is 2.06. The number of amides is 1. The Hall–Kier alpha value is -2.44. The summed E-state index contributed by atoms with van der Waals surface area (Å²) in [5, 5.41) is 2.85. The zero-order valence-corrected chi connectivity index (χ0v) is 10.9. The Morgan fingerprint density at radius 3 is 2.74 bits per heavy atom. The normalized spacial score (nSPS) is 11.9. The van der Waals surface area contributed by atoms with Crippen molar-refractivity contribution in [3.05, 3.63) is 36.7 Å². The molecule has 19 heavy (non-hydrogen) atoms. The first-order chi connectivity index (χ1) is 9.16. The maximum atomic E-state index is 11.9. The topological polar surface area (TPSA) is 86.8 Å². The van der Waals surface area contributed by atoms with Crippen LogP contribution in [0.25, 0.3) is 0 Å². The molecule has 7 nitrogen and oxygen atoms in total. The van der Waals surface area contributed by atoms with Crippen LogP contribution < -0.4 is 10.2 Å². The summed E-state index contributed by atoms with van der Waals surface area (Å²) >= 11 is 0. The van der Waals surface area contributed by atoms with Crippen molar-refractivity contribution in [1.29, 1.82) is 0 Å². The van der Waals surface area contributed by atoms with Crippen molar-refractivity contribution in [3.8, 4) is 0 Å². The number of hydrogen-bond donors (Lipinski definition) is 2. The van der Waals surface area contributed by atoms with Crippen LogP contribution in [0.1, 0.15) is 18.8 Å². The van der Waals surface area contributed by atoms with Crippen molar-refractivity contribution < 1.29 is 4.79 Å². The number of rotatable bonds is 5. The molecule has 2 heterocycles. The highest BCUT2D eigenvalue weighted by molar-refractivity contribution is 5.80. The minimum atomic E-state index is -0.160. The van der Waals surface area contributed by atoms with E-state index in [0.29, 0.717) is 5.95 Å². The number of aromatic nitrogens is 4. The maximum absolute atomic E-state index is 11.9. The Labute approximate surface area is 111 Å². The Bertz CT molecular complexity index is 512. The first kappa shape index (κ1) is 13.0. The molecule has 0 aliphatic rings. The van der Waals surface area contributed by atoms with Gasteiger partial charge in [0.2, 0.25) is 11.9 Å². The largest absolute Gasteiger partial charge is 0.347 e. The van der Waals surface area contributed by atoms with Gasteiger partial charge in [-0.3, -0.25) is 4.79 Å². The van der Waals surface area contributed by atoms with Gasteiger partial charge < -0.3 is 15.2 Å². The highest BCUT2D eigenvalue weighted by Crippen LogP contribution is 2.06. The van der Waals surface area contributed by atoms with E-state index in [1.807, 2.05) is 6.92 Å². The molecule has 0 aliphatic heterocycles. The van der Waals surface area contributed by atoms with Crippen LogP contribution in [0, 0.1) is 0 Å². The number of aromatic amines is 1. The molecule has 2 aromatic rings. The van der Waals surface area contributed by atoms with E-state index in [-0.39, 0.29) is 18.5 Å². The molecule has 1 unspecified atom stereocenters. The van der Waals surface area contributed by atoms with Gasteiger partial charge in [0.05, 0.1) is 12.6 Å². The van der Waals surface area contributed by atoms with Crippen molar-refractivity contribution in [2.75, 3.05) is 18.5 Å². The molecule has 2 aromatic heterocycles. The average molecular weight is 260 g/mol. The molecule has 0 radical (unpaired) electrons. The third-order valence-corrected chi connectivity index (χ3v) is 2.58. The van der Waals surface area contributed by atoms with Crippen molar-refractivity contribution in [3.63, 3.8) is 0 Å². The lowest BCUT2D eigenvalue weighted by molar-refractivity contribution is -0.120. The first-order valence-corrected chi connectivity index (χ1v) is 5.93. The summed E-state index contributed by atoms with van der Waals surface area (Å²) in [4.78, 5) is 28.8. The SMILES string of the molecule is CC(NC(=O)CN(C)c1ncccn1)c1ncc[nH]1. The van der Waals surface area contributed by atoms with Gasteiger partial charge in [0.15, 0.2) is 0 Å². The summed E-state index contributed by atoms with van der Waals surface area (Å²) in [6.07, 6.45) is 6.66. The molecule has 0 aliphatic carbocycles. The van der Waals surface area contributed by atoms with Crippen LogP contribution >= 0.6 is 0 Å². The summed E-state index contributed by atoms with van der Waals surface area (Å²) in [7, 11) is 1.77. The highest BCUT2D eigenvalue weighted by Gasteiger charge is 2.14. The predicted octanol–water partition coefficient (Wildman–Crippen LogP) is 0.513. The second kappa shape index (κ2) is 5.94. The van der Waals surface area contributed by atoms with Crippen LogP contribution in [-0.4, -0.2) is 39.4 Å². The minimum Gasteiger partial charge on any atom is -0.347 e. The van der Waals surface area contributed by atoms with Gasteiger partial charge in [0.25, 0.3) is 0 Å². The van der Waals surface area contributed by atoms with E-state index < -0.39 is 0 Å². The Morgan fingerprint density at radius 2 is 2.11 bits per heavy atom. The molecule has 1 atom stereocenters. The molecular formula is C12H16N6O. The van der Waals surface area contributed by atoms with Gasteiger partial charge in [-0.2, -0.15) is 0 Å². The van der Waals surface area contributed by atoms with Crippen LogP contribution in [0.3, 0.4) is 0 Å². The minimum absolute atomic E-state index is 0.112. The van der Waals surface area contributed by atoms with Crippen molar-refractivity contribution in [2.45, 2.75) is 13.0 Å².